The van der Waals surface area contributed by atoms with Gasteiger partial charge in [0.1, 0.15) is 17.1 Å². The molecular formula is C16H12O3. The predicted octanol–water partition coefficient (Wildman–Crippen LogP) is 4.01. The lowest BCUT2D eigenvalue weighted by Crippen LogP contribution is -1.92. The lowest BCUT2D eigenvalue weighted by atomic mass is 10.0. The van der Waals surface area contributed by atoms with Gasteiger partial charge in [-0.2, -0.15) is 0 Å². The second kappa shape index (κ2) is 4.28. The van der Waals surface area contributed by atoms with E-state index in [0.717, 1.165) is 10.9 Å². The first-order valence-electron chi connectivity index (χ1n) is 5.98. The highest BCUT2D eigenvalue weighted by atomic mass is 16.3. The van der Waals surface area contributed by atoms with E-state index in [4.69, 9.17) is 4.42 Å². The van der Waals surface area contributed by atoms with E-state index in [9.17, 15) is 9.90 Å². The van der Waals surface area contributed by atoms with Gasteiger partial charge in [0.15, 0.2) is 5.78 Å². The van der Waals surface area contributed by atoms with Crippen LogP contribution in [0, 0.1) is 0 Å². The van der Waals surface area contributed by atoms with Crippen LogP contribution in [0.15, 0.2) is 52.9 Å². The molecule has 0 unspecified atom stereocenters. The average molecular weight is 252 g/mol. The zero-order valence-electron chi connectivity index (χ0n) is 10.4. The van der Waals surface area contributed by atoms with Gasteiger partial charge in [-0.15, -0.1) is 0 Å². The third kappa shape index (κ3) is 1.89. The first-order chi connectivity index (χ1) is 9.16. The van der Waals surface area contributed by atoms with Crippen LogP contribution < -0.4 is 0 Å². The van der Waals surface area contributed by atoms with E-state index < -0.39 is 0 Å². The van der Waals surface area contributed by atoms with Crippen molar-refractivity contribution in [3.63, 3.8) is 0 Å². The molecule has 0 fully saturated rings. The van der Waals surface area contributed by atoms with Crippen LogP contribution in [0.5, 0.6) is 5.75 Å². The molecule has 0 bridgehead atoms. The molecule has 0 aliphatic heterocycles. The molecule has 0 aliphatic rings. The van der Waals surface area contributed by atoms with Gasteiger partial charge in [0.2, 0.25) is 0 Å². The van der Waals surface area contributed by atoms with Gasteiger partial charge in [0.05, 0.1) is 5.56 Å². The molecule has 0 saturated carbocycles. The Morgan fingerprint density at radius 1 is 1.05 bits per heavy atom. The summed E-state index contributed by atoms with van der Waals surface area (Å²) < 4.78 is 5.78. The van der Waals surface area contributed by atoms with Gasteiger partial charge in [0.25, 0.3) is 0 Å². The fourth-order valence-electron chi connectivity index (χ4n) is 2.21. The summed E-state index contributed by atoms with van der Waals surface area (Å²) in [6.07, 6.45) is 0. The number of benzene rings is 2. The smallest absolute Gasteiger partial charge is 0.164 e. The Hall–Kier alpha value is -2.55. The van der Waals surface area contributed by atoms with Gasteiger partial charge in [-0.3, -0.25) is 4.79 Å². The summed E-state index contributed by atoms with van der Waals surface area (Å²) in [6, 6.07) is 14.1. The minimum atomic E-state index is -0.0342. The van der Waals surface area contributed by atoms with Crippen molar-refractivity contribution in [2.24, 2.45) is 0 Å². The highest BCUT2D eigenvalue weighted by Crippen LogP contribution is 2.34. The number of carbonyl (C=O) groups excluding carboxylic acids is 1. The fourth-order valence-corrected chi connectivity index (χ4v) is 2.21. The molecule has 94 valence electrons. The third-order valence-electron chi connectivity index (χ3n) is 3.08. The maximum absolute atomic E-state index is 11.9. The van der Waals surface area contributed by atoms with Crippen LogP contribution in [0.2, 0.25) is 0 Å². The van der Waals surface area contributed by atoms with Gasteiger partial charge in [-0.25, -0.2) is 0 Å². The molecular weight excluding hydrogens is 240 g/mol. The number of aromatic hydroxyl groups is 1. The first kappa shape index (κ1) is 11.5. The summed E-state index contributed by atoms with van der Waals surface area (Å²) in [5, 5.41) is 10.1. The molecule has 0 saturated heterocycles. The molecule has 0 radical (unpaired) electrons. The largest absolute Gasteiger partial charge is 0.508 e. The first-order valence-corrected chi connectivity index (χ1v) is 5.98. The number of phenols is 1. The van der Waals surface area contributed by atoms with Crippen LogP contribution in [-0.2, 0) is 0 Å². The molecule has 0 aliphatic carbocycles. The van der Waals surface area contributed by atoms with E-state index in [1.165, 1.54) is 6.92 Å². The Kier molecular flexibility index (Phi) is 2.60. The number of para-hydroxylation sites is 1. The lowest BCUT2D eigenvalue weighted by Gasteiger charge is -2.00. The monoisotopic (exact) mass is 252 g/mol. The van der Waals surface area contributed by atoms with Crippen molar-refractivity contribution in [1.29, 1.82) is 0 Å². The molecule has 1 N–H and O–H groups in total. The molecule has 0 amide bonds. The van der Waals surface area contributed by atoms with Gasteiger partial charge >= 0.3 is 0 Å². The summed E-state index contributed by atoms with van der Waals surface area (Å²) >= 11 is 0. The highest BCUT2D eigenvalue weighted by Gasteiger charge is 2.18. The molecule has 19 heavy (non-hydrogen) atoms. The summed E-state index contributed by atoms with van der Waals surface area (Å²) in [7, 11) is 0. The zero-order chi connectivity index (χ0) is 13.4. The summed E-state index contributed by atoms with van der Waals surface area (Å²) in [5.74, 6) is 0.700. The Morgan fingerprint density at radius 3 is 2.42 bits per heavy atom. The Bertz CT molecular complexity index is 751. The number of furan rings is 1. The van der Waals surface area contributed by atoms with Gasteiger partial charge < -0.3 is 9.52 Å². The van der Waals surface area contributed by atoms with Crippen molar-refractivity contribution in [2.45, 2.75) is 6.92 Å². The minimum Gasteiger partial charge on any atom is -0.508 e. The van der Waals surface area contributed by atoms with Crippen LogP contribution in [0.25, 0.3) is 22.3 Å². The normalized spacial score (nSPS) is 10.8. The van der Waals surface area contributed by atoms with E-state index in [2.05, 4.69) is 0 Å². The zero-order valence-corrected chi connectivity index (χ0v) is 10.4. The Labute approximate surface area is 110 Å². The molecule has 3 aromatic rings. The predicted molar refractivity (Wildman–Crippen MR) is 73.3 cm³/mol. The number of ketones is 1. The number of hydrogen-bond acceptors (Lipinski definition) is 3. The summed E-state index contributed by atoms with van der Waals surface area (Å²) in [4.78, 5) is 11.9. The number of fused-ring (bicyclic) bond motifs is 1. The van der Waals surface area contributed by atoms with Crippen LogP contribution in [0.1, 0.15) is 17.3 Å². The van der Waals surface area contributed by atoms with Gasteiger partial charge in [-0.05, 0) is 37.3 Å². The average Bonchev–Trinajstić information content (AvgIpc) is 2.78. The second-order valence-corrected chi connectivity index (χ2v) is 4.41. The number of phenolic OH excluding ortho intramolecular Hbond substituents is 1. The Balaban J connectivity index is 2.31. The van der Waals surface area contributed by atoms with Crippen molar-refractivity contribution in [1.82, 2.24) is 0 Å². The van der Waals surface area contributed by atoms with Crippen molar-refractivity contribution >= 4 is 16.8 Å². The molecule has 3 nitrogen and oxygen atoms in total. The standard InChI is InChI=1S/C16H12O3/c1-10(17)15-13-4-2-3-5-14(13)19-16(15)11-6-8-12(18)9-7-11/h2-9,18H,1H3. The van der Waals surface area contributed by atoms with Gasteiger partial charge in [-0.1, -0.05) is 18.2 Å². The SMILES string of the molecule is CC(=O)c1c(-c2ccc(O)cc2)oc2ccccc12. The van der Waals surface area contributed by atoms with E-state index in [1.807, 2.05) is 24.3 Å². The van der Waals surface area contributed by atoms with Crippen LogP contribution >= 0.6 is 0 Å². The van der Waals surface area contributed by atoms with Crippen molar-refractivity contribution < 1.29 is 14.3 Å². The topological polar surface area (TPSA) is 50.4 Å². The lowest BCUT2D eigenvalue weighted by molar-refractivity contribution is 0.101. The van der Waals surface area contributed by atoms with Crippen molar-refractivity contribution in [3.8, 4) is 17.1 Å². The Morgan fingerprint density at radius 2 is 1.74 bits per heavy atom. The molecule has 1 aromatic heterocycles. The van der Waals surface area contributed by atoms with Crippen molar-refractivity contribution in [3.05, 3.63) is 54.1 Å². The number of rotatable bonds is 2. The maximum atomic E-state index is 11.9. The third-order valence-corrected chi connectivity index (χ3v) is 3.08. The van der Waals surface area contributed by atoms with Crippen LogP contribution in [0.3, 0.4) is 0 Å². The maximum Gasteiger partial charge on any atom is 0.164 e. The number of carbonyl (C=O) groups is 1. The van der Waals surface area contributed by atoms with E-state index in [-0.39, 0.29) is 11.5 Å². The van der Waals surface area contributed by atoms with E-state index >= 15 is 0 Å². The molecule has 0 spiro atoms. The molecule has 1 heterocycles. The van der Waals surface area contributed by atoms with Gasteiger partial charge in [0, 0.05) is 10.9 Å². The van der Waals surface area contributed by atoms with Crippen LogP contribution in [0.4, 0.5) is 0 Å². The number of hydrogen-bond donors (Lipinski definition) is 1. The molecule has 3 heteroatoms. The van der Waals surface area contributed by atoms with Crippen molar-refractivity contribution in [2.75, 3.05) is 0 Å². The summed E-state index contributed by atoms with van der Waals surface area (Å²) in [6.45, 7) is 1.53. The van der Waals surface area contributed by atoms with E-state index in [1.54, 1.807) is 24.3 Å². The summed E-state index contributed by atoms with van der Waals surface area (Å²) in [5.41, 5.74) is 2.05. The number of Topliss-reactive ketones (excluding diaryl/α,β-unsaturated/α-hetero) is 1. The molecule has 3 rings (SSSR count). The fraction of sp³-hybridized carbons (Fsp3) is 0.0625. The second-order valence-electron chi connectivity index (χ2n) is 4.41. The van der Waals surface area contributed by atoms with E-state index in [0.29, 0.717) is 16.9 Å². The highest BCUT2D eigenvalue weighted by molar-refractivity contribution is 6.11. The minimum absolute atomic E-state index is 0.0342. The molecule has 2 aromatic carbocycles. The molecule has 0 atom stereocenters. The van der Waals surface area contributed by atoms with Crippen LogP contribution in [-0.4, -0.2) is 10.9 Å². The quantitative estimate of drug-likeness (QED) is 0.701.